The summed E-state index contributed by atoms with van der Waals surface area (Å²) in [4.78, 5) is 14.2. The Kier molecular flexibility index (Phi) is 5.07. The van der Waals surface area contributed by atoms with Crippen molar-refractivity contribution < 1.29 is 18.3 Å². The molecule has 0 radical (unpaired) electrons. The summed E-state index contributed by atoms with van der Waals surface area (Å²) in [6.07, 6.45) is 4.26. The van der Waals surface area contributed by atoms with Crippen molar-refractivity contribution in [3.05, 3.63) is 23.9 Å². The lowest BCUT2D eigenvalue weighted by Crippen LogP contribution is -2.40. The summed E-state index contributed by atoms with van der Waals surface area (Å²) in [5.74, 6) is -0.679. The minimum Gasteiger partial charge on any atom is -0.435 e. The molecule has 0 aliphatic carbocycles. The second-order valence-electron chi connectivity index (χ2n) is 6.89. The van der Waals surface area contributed by atoms with E-state index in [4.69, 9.17) is 5.73 Å². The fourth-order valence-corrected chi connectivity index (χ4v) is 4.34. The van der Waals surface area contributed by atoms with Crippen molar-refractivity contribution in [3.8, 4) is 5.75 Å². The zero-order valence-electron chi connectivity index (χ0n) is 14.3. The highest BCUT2D eigenvalue weighted by atomic mass is 35.5. The topological polar surface area (TPSA) is 73.4 Å². The molecule has 9 heteroatoms. The highest BCUT2D eigenvalue weighted by Gasteiger charge is 2.40. The van der Waals surface area contributed by atoms with Crippen LogP contribution in [0.2, 0.25) is 0 Å². The molecule has 1 aromatic heterocycles. The molecule has 2 aliphatic heterocycles. The van der Waals surface area contributed by atoms with Crippen LogP contribution in [0.5, 0.6) is 5.75 Å². The molecule has 0 spiro atoms. The molecule has 2 unspecified atom stereocenters. The van der Waals surface area contributed by atoms with Gasteiger partial charge in [0.15, 0.2) is 5.69 Å². The number of carbonyl (C=O) groups is 1. The maximum absolute atomic E-state index is 12.5. The smallest absolute Gasteiger partial charge is 0.387 e. The van der Waals surface area contributed by atoms with Gasteiger partial charge < -0.3 is 15.4 Å². The van der Waals surface area contributed by atoms with Gasteiger partial charge in [0.05, 0.1) is 11.6 Å². The Morgan fingerprint density at radius 2 is 1.92 bits per heavy atom. The Hall–Kier alpha value is -1.93. The molecule has 0 saturated carbocycles. The third-order valence-electron chi connectivity index (χ3n) is 5.56. The van der Waals surface area contributed by atoms with Gasteiger partial charge in [0.2, 0.25) is 0 Å². The molecule has 2 bridgehead atoms. The average molecular weight is 387 g/mol. The average Bonchev–Trinajstić information content (AvgIpc) is 2.99. The van der Waals surface area contributed by atoms with Gasteiger partial charge >= 0.3 is 6.61 Å². The number of hydrogen-bond donors (Lipinski definition) is 1. The fraction of sp³-hybridized carbons (Fsp3) is 0.529. The molecule has 6 nitrogen and oxygen atoms in total. The number of fused-ring (bicyclic) bond motifs is 3. The lowest BCUT2D eigenvalue weighted by atomic mass is 9.98. The lowest BCUT2D eigenvalue weighted by molar-refractivity contribution is -0.0497. The SMILES string of the molecule is CN1C2CCC1CC(n1nc(C(N)=O)c3cc(OC(F)F)ccc31)C2.Cl. The number of benzene rings is 1. The standard InChI is InChI=1S/C17H20F2N4O2.ClH/c1-22-9-2-3-10(22)7-11(6-9)23-14-5-4-12(25-17(18)19)8-13(14)15(21-23)16(20)24;/h4-5,8-11,17H,2-3,6-7H2,1H3,(H2,20,24);1H. The lowest BCUT2D eigenvalue weighted by Gasteiger charge is -2.36. The minimum atomic E-state index is -2.92. The molecule has 1 aromatic carbocycles. The largest absolute Gasteiger partial charge is 0.435 e. The molecule has 2 N–H and O–H groups in total. The van der Waals surface area contributed by atoms with Crippen LogP contribution < -0.4 is 10.5 Å². The van der Waals surface area contributed by atoms with Crippen molar-refractivity contribution in [2.45, 2.75) is 50.4 Å². The van der Waals surface area contributed by atoms with Gasteiger partial charge in [0.1, 0.15) is 5.75 Å². The summed E-state index contributed by atoms with van der Waals surface area (Å²) in [5.41, 5.74) is 6.28. The van der Waals surface area contributed by atoms with Gasteiger partial charge in [-0.05, 0) is 50.9 Å². The zero-order valence-corrected chi connectivity index (χ0v) is 15.1. The van der Waals surface area contributed by atoms with Crippen LogP contribution in [0.25, 0.3) is 10.9 Å². The Bertz CT molecular complexity index is 814. The van der Waals surface area contributed by atoms with E-state index in [-0.39, 0.29) is 29.9 Å². The van der Waals surface area contributed by atoms with E-state index in [1.54, 1.807) is 6.07 Å². The molecule has 3 heterocycles. The molecule has 2 aliphatic rings. The van der Waals surface area contributed by atoms with Crippen molar-refractivity contribution >= 4 is 29.2 Å². The Morgan fingerprint density at radius 3 is 2.50 bits per heavy atom. The van der Waals surface area contributed by atoms with Gasteiger partial charge in [-0.15, -0.1) is 12.4 Å². The second kappa shape index (κ2) is 7.00. The van der Waals surface area contributed by atoms with E-state index >= 15 is 0 Å². The maximum atomic E-state index is 12.5. The van der Waals surface area contributed by atoms with Gasteiger partial charge in [0.25, 0.3) is 5.91 Å². The highest BCUT2D eigenvalue weighted by Crippen LogP contribution is 2.41. The molecule has 4 rings (SSSR count). The van der Waals surface area contributed by atoms with Gasteiger partial charge in [-0.25, -0.2) is 0 Å². The number of halogens is 3. The third-order valence-corrected chi connectivity index (χ3v) is 5.56. The van der Waals surface area contributed by atoms with E-state index in [0.29, 0.717) is 17.5 Å². The molecule has 2 fully saturated rings. The number of primary amides is 1. The van der Waals surface area contributed by atoms with E-state index in [1.807, 2.05) is 4.68 Å². The number of amides is 1. The van der Waals surface area contributed by atoms with Crippen LogP contribution in [0.1, 0.15) is 42.2 Å². The van der Waals surface area contributed by atoms with Crippen molar-refractivity contribution in [1.82, 2.24) is 14.7 Å². The number of hydrogen-bond acceptors (Lipinski definition) is 4. The third kappa shape index (κ3) is 3.12. The summed E-state index contributed by atoms with van der Waals surface area (Å²) in [6, 6.07) is 5.76. The first-order valence-electron chi connectivity index (χ1n) is 8.43. The predicted molar refractivity (Wildman–Crippen MR) is 95.0 cm³/mol. The van der Waals surface area contributed by atoms with E-state index in [9.17, 15) is 13.6 Å². The fourth-order valence-electron chi connectivity index (χ4n) is 4.34. The van der Waals surface area contributed by atoms with Gasteiger partial charge in [-0.1, -0.05) is 0 Å². The monoisotopic (exact) mass is 386 g/mol. The molecule has 2 aromatic rings. The van der Waals surface area contributed by atoms with Crippen molar-refractivity contribution in [2.24, 2.45) is 5.73 Å². The van der Waals surface area contributed by atoms with Crippen LogP contribution in [0.4, 0.5) is 8.78 Å². The summed E-state index contributed by atoms with van der Waals surface area (Å²) in [7, 11) is 2.16. The number of nitrogens with zero attached hydrogens (tertiary/aromatic N) is 3. The number of nitrogens with two attached hydrogens (primary N) is 1. The van der Waals surface area contributed by atoms with Crippen LogP contribution in [0.15, 0.2) is 18.2 Å². The van der Waals surface area contributed by atoms with Crippen LogP contribution in [0, 0.1) is 0 Å². The summed E-state index contributed by atoms with van der Waals surface area (Å²) < 4.78 is 31.2. The quantitative estimate of drug-likeness (QED) is 0.876. The summed E-state index contributed by atoms with van der Waals surface area (Å²) in [5, 5.41) is 4.89. The number of alkyl halides is 2. The summed E-state index contributed by atoms with van der Waals surface area (Å²) >= 11 is 0. The molecule has 1 amide bonds. The van der Waals surface area contributed by atoms with Crippen LogP contribution >= 0.6 is 12.4 Å². The van der Waals surface area contributed by atoms with Gasteiger partial charge in [-0.3, -0.25) is 9.48 Å². The van der Waals surface area contributed by atoms with Gasteiger partial charge in [0, 0.05) is 17.5 Å². The molecule has 26 heavy (non-hydrogen) atoms. The predicted octanol–water partition coefficient (Wildman–Crippen LogP) is 2.96. The maximum Gasteiger partial charge on any atom is 0.387 e. The van der Waals surface area contributed by atoms with Crippen molar-refractivity contribution in [2.75, 3.05) is 7.05 Å². The first-order chi connectivity index (χ1) is 11.9. The van der Waals surface area contributed by atoms with Crippen molar-refractivity contribution in [1.29, 1.82) is 0 Å². The normalized spacial score (nSPS) is 25.5. The van der Waals surface area contributed by atoms with E-state index in [2.05, 4.69) is 21.8 Å². The summed E-state index contributed by atoms with van der Waals surface area (Å²) in [6.45, 7) is -2.92. The minimum absolute atomic E-state index is 0. The first-order valence-corrected chi connectivity index (χ1v) is 8.43. The molecule has 2 atom stereocenters. The second-order valence-corrected chi connectivity index (χ2v) is 6.89. The zero-order chi connectivity index (χ0) is 17.7. The van der Waals surface area contributed by atoms with Crippen LogP contribution in [0.3, 0.4) is 0 Å². The van der Waals surface area contributed by atoms with Crippen molar-refractivity contribution in [3.63, 3.8) is 0 Å². The number of piperidine rings is 1. The number of rotatable bonds is 4. The Balaban J connectivity index is 0.00000196. The first kappa shape index (κ1) is 18.8. The molecular weight excluding hydrogens is 366 g/mol. The van der Waals surface area contributed by atoms with Crippen LogP contribution in [-0.4, -0.2) is 46.3 Å². The number of aromatic nitrogens is 2. The molecule has 2 saturated heterocycles. The highest BCUT2D eigenvalue weighted by molar-refractivity contribution is 6.04. The molecular formula is C17H21ClF2N4O2. The van der Waals surface area contributed by atoms with E-state index < -0.39 is 12.5 Å². The van der Waals surface area contributed by atoms with E-state index in [0.717, 1.165) is 18.4 Å². The Labute approximate surface area is 155 Å². The Morgan fingerprint density at radius 1 is 1.27 bits per heavy atom. The van der Waals surface area contributed by atoms with E-state index in [1.165, 1.54) is 25.0 Å². The molecule has 142 valence electrons. The number of carbonyl (C=O) groups excluding carboxylic acids is 1. The van der Waals surface area contributed by atoms with Crippen LogP contribution in [-0.2, 0) is 0 Å². The van der Waals surface area contributed by atoms with Gasteiger partial charge in [-0.2, -0.15) is 13.9 Å². The number of ether oxygens (including phenoxy) is 1.